The van der Waals surface area contributed by atoms with Gasteiger partial charge in [0.15, 0.2) is 0 Å². The molecule has 7 aliphatic rings. The average Bonchev–Trinajstić information content (AvgIpc) is 1.58. The summed E-state index contributed by atoms with van der Waals surface area (Å²) in [4.78, 5) is 90.9. The number of aliphatic hydroxyl groups excluding tert-OH is 1. The number of anilines is 2. The Kier molecular flexibility index (Phi) is 26.9. The SMILES string of the molecule is Cc1ncsc1-c1ccc([C@H](C)NC(=O)[C@@H]2C[C@@H](O)CN2C(=O)[C@@H](NC(=O)CN2CCN(CC(=O)N3CCN(CC4(C)CCC(c5ccc(Cl)cc5)=C(CN5CCN(c6ccc(C(=O)NS(=O)(=O)c7ccc(N[C@@H](/C=[SH]/c8ccccc8)CCN8C[C@H]9C[C@@H]8CO9)c(S(=O)(=O)C(F)(F)F)c7)cc6)CC5)C4)CC3)CC2)C(C)(C)C)cc1. The molecule has 1 unspecified atom stereocenters. The summed E-state index contributed by atoms with van der Waals surface area (Å²) in [5.41, 5.74) is 2.28. The second kappa shape index (κ2) is 36.3. The molecule has 1 aromatic heterocycles. The Hall–Kier alpha value is -7.66. The normalized spacial score (nSPS) is 22.8. The van der Waals surface area contributed by atoms with E-state index in [-0.39, 0.29) is 72.9 Å². The van der Waals surface area contributed by atoms with Crippen LogP contribution in [0.4, 0.5) is 24.5 Å². The molecular weight excluding hydrogens is 1580 g/mol. The minimum absolute atomic E-state index is 0.0329. The maximum atomic E-state index is 14.5. The Morgan fingerprint density at radius 1 is 0.783 bits per heavy atom. The van der Waals surface area contributed by atoms with Crippen LogP contribution in [0.25, 0.3) is 16.0 Å². The molecule has 1 aliphatic carbocycles. The van der Waals surface area contributed by atoms with E-state index in [2.05, 4.69) is 64.5 Å². The second-order valence-electron chi connectivity index (χ2n) is 33.0. The number of hydrogen-bond acceptors (Lipinski definition) is 20. The van der Waals surface area contributed by atoms with Gasteiger partial charge in [-0.2, -0.15) is 24.5 Å². The molecule has 32 heteroatoms. The van der Waals surface area contributed by atoms with Gasteiger partial charge in [-0.05, 0) is 156 Å². The number of sulfonamides is 1. The number of nitrogens with zero attached hydrogens (tertiary/aromatic N) is 9. The molecule has 0 saturated carbocycles. The summed E-state index contributed by atoms with van der Waals surface area (Å²) >= 11 is 8.70. The topological polar surface area (TPSA) is 270 Å². The van der Waals surface area contributed by atoms with Gasteiger partial charge >= 0.3 is 5.51 Å². The zero-order valence-corrected chi connectivity index (χ0v) is 70.0. The zero-order valence-electron chi connectivity index (χ0n) is 65.9. The Bertz CT molecular complexity index is 4770. The van der Waals surface area contributed by atoms with Crippen molar-refractivity contribution in [1.82, 2.24) is 54.6 Å². The first-order valence-corrected chi connectivity index (χ1v) is 44.7. The molecule has 24 nitrogen and oxygen atoms in total. The Balaban J connectivity index is 0.561. The second-order valence-corrected chi connectivity index (χ2v) is 39.0. The fourth-order valence-electron chi connectivity index (χ4n) is 16.9. The van der Waals surface area contributed by atoms with Crippen molar-refractivity contribution in [1.29, 1.82) is 0 Å². The van der Waals surface area contributed by atoms with Crippen molar-refractivity contribution in [3.8, 4) is 10.4 Å². The van der Waals surface area contributed by atoms with Crippen LogP contribution in [0.5, 0.6) is 0 Å². The lowest BCUT2D eigenvalue weighted by Crippen LogP contribution is -2.59. The lowest BCUT2D eigenvalue weighted by Gasteiger charge is -2.44. The number of thiol groups is 1. The van der Waals surface area contributed by atoms with Gasteiger partial charge in [0, 0.05) is 140 Å². The summed E-state index contributed by atoms with van der Waals surface area (Å²) in [5, 5.41) is 22.4. The van der Waals surface area contributed by atoms with Gasteiger partial charge in [0.25, 0.3) is 25.8 Å². The van der Waals surface area contributed by atoms with Crippen LogP contribution in [0.15, 0.2) is 147 Å². The van der Waals surface area contributed by atoms with Crippen LogP contribution in [-0.2, 0) is 43.8 Å². The molecule has 0 radical (unpaired) electrons. The number of carbonyl (C=O) groups is 5. The molecule has 6 aliphatic heterocycles. The number of morpholine rings is 1. The number of alkyl halides is 3. The number of carbonyl (C=O) groups excluding carboxylic acids is 5. The van der Waals surface area contributed by atoms with E-state index in [1.807, 2.05) is 127 Å². The smallest absolute Gasteiger partial charge is 0.391 e. The molecule has 2 bridgehead atoms. The van der Waals surface area contributed by atoms with Crippen LogP contribution in [-0.4, -0.2) is 269 Å². The summed E-state index contributed by atoms with van der Waals surface area (Å²) < 4.78 is 105. The van der Waals surface area contributed by atoms with Gasteiger partial charge in [-0.1, -0.05) is 99.5 Å². The van der Waals surface area contributed by atoms with Gasteiger partial charge in [0.1, 0.15) is 17.0 Å². The van der Waals surface area contributed by atoms with Crippen LogP contribution in [0, 0.1) is 17.8 Å². The maximum absolute atomic E-state index is 14.5. The fourth-order valence-corrected chi connectivity index (χ4v) is 20.8. The van der Waals surface area contributed by atoms with Gasteiger partial charge in [-0.25, -0.2) is 26.5 Å². The average molecular weight is 1680 g/mol. The molecule has 6 saturated heterocycles. The first-order valence-electron chi connectivity index (χ1n) is 39.5. The number of aromatic nitrogens is 1. The van der Waals surface area contributed by atoms with Crippen molar-refractivity contribution >= 4 is 106 Å². The molecular formula is C83H105ClF3N13O11S4. The van der Waals surface area contributed by atoms with E-state index in [0.717, 1.165) is 126 Å². The Labute approximate surface area is 685 Å². The minimum Gasteiger partial charge on any atom is -0.391 e. The molecule has 620 valence electrons. The van der Waals surface area contributed by atoms with E-state index in [1.165, 1.54) is 28.2 Å². The van der Waals surface area contributed by atoms with Crippen molar-refractivity contribution in [3.63, 3.8) is 0 Å². The third-order valence-corrected chi connectivity index (χ3v) is 28.6. The number of benzene rings is 5. The molecule has 115 heavy (non-hydrogen) atoms. The predicted molar refractivity (Wildman–Crippen MR) is 444 cm³/mol. The number of thiazole rings is 1. The number of β-amino-alcohol motifs (C(OH)–C–C–N with tert-alkyl or cyclic N) is 1. The van der Waals surface area contributed by atoms with Crippen molar-refractivity contribution in [2.45, 2.75) is 143 Å². The molecule has 13 rings (SSSR count). The first kappa shape index (κ1) is 85.2. The number of nitrogens with one attached hydrogen (secondary N) is 4. The summed E-state index contributed by atoms with van der Waals surface area (Å²) in [6, 6.07) is 31.4. The number of likely N-dealkylation sites (tertiary alicyclic amines) is 2. The van der Waals surface area contributed by atoms with E-state index in [4.69, 9.17) is 16.3 Å². The number of piperazine rings is 3. The van der Waals surface area contributed by atoms with Gasteiger partial charge in [0.05, 0.1) is 70.7 Å². The van der Waals surface area contributed by atoms with Crippen LogP contribution in [0.3, 0.4) is 0 Å². The fraction of sp³-hybridized carbons (Fsp3) is 0.506. The van der Waals surface area contributed by atoms with E-state index in [9.17, 15) is 59.1 Å². The highest BCUT2D eigenvalue weighted by Gasteiger charge is 2.50. The van der Waals surface area contributed by atoms with Crippen molar-refractivity contribution < 1.29 is 63.8 Å². The first-order chi connectivity index (χ1) is 54.7. The molecule has 7 heterocycles. The minimum atomic E-state index is -6.12. The zero-order chi connectivity index (χ0) is 81.7. The number of amides is 5. The predicted octanol–water partition coefficient (Wildman–Crippen LogP) is 9.05. The number of sulfone groups is 1. The lowest BCUT2D eigenvalue weighted by atomic mass is 9.71. The number of rotatable bonds is 27. The molecule has 5 aromatic carbocycles. The van der Waals surface area contributed by atoms with Crippen LogP contribution in [0.1, 0.15) is 106 Å². The summed E-state index contributed by atoms with van der Waals surface area (Å²) in [5.74, 6) is -2.12. The van der Waals surface area contributed by atoms with Crippen LogP contribution < -0.4 is 25.6 Å². The van der Waals surface area contributed by atoms with Crippen LogP contribution >= 0.6 is 34.3 Å². The number of fused-ring (bicyclic) bond motifs is 2. The number of aryl methyl sites for hydroxylation is 1. The summed E-state index contributed by atoms with van der Waals surface area (Å²) in [7, 11) is -11.0. The van der Waals surface area contributed by atoms with E-state index < -0.39 is 82.3 Å². The number of aliphatic hydroxyl groups is 1. The Morgan fingerprint density at radius 3 is 2.08 bits per heavy atom. The molecule has 0 spiro atoms. The number of hydrogen-bond donors (Lipinski definition) is 6. The monoisotopic (exact) mass is 1680 g/mol. The van der Waals surface area contributed by atoms with Crippen LogP contribution in [0.2, 0.25) is 5.02 Å². The molecule has 6 fully saturated rings. The van der Waals surface area contributed by atoms with Crippen molar-refractivity contribution in [2.75, 3.05) is 141 Å². The Morgan fingerprint density at radius 2 is 1.44 bits per heavy atom. The van der Waals surface area contributed by atoms with Crippen molar-refractivity contribution in [3.05, 3.63) is 160 Å². The number of ether oxygens (including phenoxy) is 1. The third kappa shape index (κ3) is 21.1. The van der Waals surface area contributed by atoms with Gasteiger partial charge in [-0.3, -0.25) is 48.5 Å². The lowest BCUT2D eigenvalue weighted by molar-refractivity contribution is -0.144. The standard InChI is InChI=1S/C83H105ClF3N13O11S4/c1-55(57-12-14-59(15-13-57)76-56(2)88-54-113-76)89-79(105)72-43-66(101)47-100(72)80(106)77(81(3,4)5)91-74(102)49-94-30-32-95(33-31-94)50-75(103)98-40-36-96(37-41-98)53-82(6)28-26-70(58-16-20-62(84)21-17-58)61(45-82)46-93-34-38-97(39-35-93)64-22-18-60(19-23-64)78(104)92-115(109,110)69-24-25-71(73(44-69)114(107,108)83(85,86)87)90-63(52-112-68-10-8-7-9-11-68)27-29-99-48-67-42-65(99)51-111-67/h7-25,44,52,54-55,63,65-67,72,77,90,101,112H,26-43,45-51,53H2,1-6H3,(H,89,105)(H,91,102)(H,92,104)/t55-,63+,65+,66+,67+,72-,77+,82?/m0/s1. The molecule has 5 N–H and O–H groups in total. The van der Waals surface area contributed by atoms with E-state index in [0.29, 0.717) is 89.6 Å². The number of allylic oxidation sites excluding steroid dienone is 1. The van der Waals surface area contributed by atoms with E-state index in [1.54, 1.807) is 23.5 Å². The molecule has 8 atom stereocenters. The third-order valence-electron chi connectivity index (χ3n) is 23.4. The number of halogens is 4. The largest absolute Gasteiger partial charge is 0.501 e. The highest BCUT2D eigenvalue weighted by atomic mass is 35.5. The molecule has 6 aromatic rings. The highest BCUT2D eigenvalue weighted by molar-refractivity contribution is 7.97. The maximum Gasteiger partial charge on any atom is 0.501 e. The van der Waals surface area contributed by atoms with Gasteiger partial charge in [0.2, 0.25) is 23.6 Å². The highest BCUT2D eigenvalue weighted by Crippen LogP contribution is 2.45. The van der Waals surface area contributed by atoms with Gasteiger partial charge < -0.3 is 40.5 Å². The summed E-state index contributed by atoms with van der Waals surface area (Å²) in [6.07, 6.45) is 3.30. The quantitative estimate of drug-likeness (QED) is 0.0207. The van der Waals surface area contributed by atoms with Gasteiger partial charge in [-0.15, -0.1) is 11.3 Å². The molecule has 5 amide bonds. The van der Waals surface area contributed by atoms with Crippen molar-refractivity contribution in [2.24, 2.45) is 10.8 Å². The van der Waals surface area contributed by atoms with E-state index >= 15 is 0 Å². The summed E-state index contributed by atoms with van der Waals surface area (Å²) in [6.45, 7) is 23.3.